The Balaban J connectivity index is 2.51. The lowest BCUT2D eigenvalue weighted by atomic mass is 9.96. The second kappa shape index (κ2) is 6.68. The van der Waals surface area contributed by atoms with E-state index in [0.29, 0.717) is 6.54 Å². The van der Waals surface area contributed by atoms with Crippen LogP contribution in [0.25, 0.3) is 0 Å². The molecule has 0 fully saturated rings. The summed E-state index contributed by atoms with van der Waals surface area (Å²) in [6.45, 7) is 4.41. The average Bonchev–Trinajstić information content (AvgIpc) is 2.46. The maximum absolute atomic E-state index is 14.1. The van der Waals surface area contributed by atoms with E-state index in [0.717, 1.165) is 16.9 Å². The van der Waals surface area contributed by atoms with E-state index in [2.05, 4.69) is 5.32 Å². The van der Waals surface area contributed by atoms with Crippen molar-refractivity contribution >= 4 is 0 Å². The molecule has 0 spiro atoms. The number of benzene rings is 2. The van der Waals surface area contributed by atoms with Crippen LogP contribution in [0.2, 0.25) is 0 Å². The van der Waals surface area contributed by atoms with Crippen LogP contribution in [-0.2, 0) is 0 Å². The Labute approximate surface area is 123 Å². The first kappa shape index (κ1) is 15.4. The molecule has 1 atom stereocenters. The van der Waals surface area contributed by atoms with Gasteiger partial charge in [-0.2, -0.15) is 0 Å². The fourth-order valence-corrected chi connectivity index (χ4v) is 2.46. The molecule has 2 rings (SSSR count). The second-order valence-corrected chi connectivity index (χ2v) is 4.86. The van der Waals surface area contributed by atoms with Crippen LogP contribution in [0, 0.1) is 18.6 Å². The molecule has 0 amide bonds. The average molecular weight is 291 g/mol. The molecule has 1 unspecified atom stereocenters. The lowest BCUT2D eigenvalue weighted by molar-refractivity contribution is 0.411. The van der Waals surface area contributed by atoms with Gasteiger partial charge in [-0.1, -0.05) is 25.1 Å². The summed E-state index contributed by atoms with van der Waals surface area (Å²) in [5.74, 6) is -0.341. The van der Waals surface area contributed by atoms with Crippen LogP contribution in [0.5, 0.6) is 5.75 Å². The van der Waals surface area contributed by atoms with Gasteiger partial charge in [0.25, 0.3) is 0 Å². The molecule has 0 aliphatic rings. The third kappa shape index (κ3) is 3.22. The highest BCUT2D eigenvalue weighted by Gasteiger charge is 2.21. The minimum absolute atomic E-state index is 0.0453. The molecular weight excluding hydrogens is 272 g/mol. The van der Waals surface area contributed by atoms with Crippen molar-refractivity contribution in [2.24, 2.45) is 0 Å². The van der Waals surface area contributed by atoms with E-state index in [4.69, 9.17) is 4.74 Å². The number of hydrogen-bond acceptors (Lipinski definition) is 2. The SMILES string of the molecule is CCNC(c1ccc(OC)c(C)c1)c1c(F)cccc1F. The molecule has 0 heterocycles. The molecule has 2 nitrogen and oxygen atoms in total. The number of aryl methyl sites for hydroxylation is 1. The third-order valence-corrected chi connectivity index (χ3v) is 3.45. The van der Waals surface area contributed by atoms with Gasteiger partial charge in [-0.15, -0.1) is 0 Å². The van der Waals surface area contributed by atoms with Crippen molar-refractivity contribution in [2.45, 2.75) is 19.9 Å². The monoisotopic (exact) mass is 291 g/mol. The number of halogens is 2. The standard InChI is InChI=1S/C17H19F2NO/c1-4-20-17(16-13(18)6-5-7-14(16)19)12-8-9-15(21-3)11(2)10-12/h5-10,17,20H,4H2,1-3H3. The van der Waals surface area contributed by atoms with Crippen molar-refractivity contribution < 1.29 is 13.5 Å². The zero-order chi connectivity index (χ0) is 15.4. The minimum Gasteiger partial charge on any atom is -0.496 e. The highest BCUT2D eigenvalue weighted by Crippen LogP contribution is 2.29. The van der Waals surface area contributed by atoms with Crippen LogP contribution >= 0.6 is 0 Å². The van der Waals surface area contributed by atoms with Crippen molar-refractivity contribution in [3.63, 3.8) is 0 Å². The highest BCUT2D eigenvalue weighted by atomic mass is 19.1. The van der Waals surface area contributed by atoms with Crippen molar-refractivity contribution in [3.05, 3.63) is 64.7 Å². The Kier molecular flexibility index (Phi) is 4.91. The molecule has 0 saturated heterocycles. The molecule has 0 aliphatic heterocycles. The smallest absolute Gasteiger partial charge is 0.131 e. The Morgan fingerprint density at radius 1 is 1.14 bits per heavy atom. The van der Waals surface area contributed by atoms with Crippen LogP contribution in [0.1, 0.15) is 29.7 Å². The highest BCUT2D eigenvalue weighted by molar-refractivity contribution is 5.41. The van der Waals surface area contributed by atoms with Crippen molar-refractivity contribution in [2.75, 3.05) is 13.7 Å². The summed E-state index contributed by atoms with van der Waals surface area (Å²) in [6, 6.07) is 8.92. The Morgan fingerprint density at radius 3 is 2.33 bits per heavy atom. The third-order valence-electron chi connectivity index (χ3n) is 3.45. The fourth-order valence-electron chi connectivity index (χ4n) is 2.46. The summed E-state index contributed by atoms with van der Waals surface area (Å²) in [5.41, 5.74) is 1.78. The molecule has 2 aromatic rings. The van der Waals surface area contributed by atoms with Gasteiger partial charge >= 0.3 is 0 Å². The minimum atomic E-state index is -0.547. The van der Waals surface area contributed by atoms with Gasteiger partial charge < -0.3 is 10.1 Å². The van der Waals surface area contributed by atoms with E-state index < -0.39 is 17.7 Å². The van der Waals surface area contributed by atoms with Crippen LogP contribution in [-0.4, -0.2) is 13.7 Å². The van der Waals surface area contributed by atoms with Gasteiger partial charge in [0.1, 0.15) is 17.4 Å². The molecule has 112 valence electrons. The Bertz CT molecular complexity index is 608. The first-order valence-electron chi connectivity index (χ1n) is 6.90. The summed E-state index contributed by atoms with van der Waals surface area (Å²) in [7, 11) is 1.60. The first-order chi connectivity index (χ1) is 10.1. The van der Waals surface area contributed by atoms with Crippen LogP contribution in [0.3, 0.4) is 0 Å². The first-order valence-corrected chi connectivity index (χ1v) is 6.90. The summed E-state index contributed by atoms with van der Waals surface area (Å²) in [4.78, 5) is 0. The molecule has 4 heteroatoms. The van der Waals surface area contributed by atoms with Gasteiger partial charge in [0.05, 0.1) is 13.2 Å². The molecular formula is C17H19F2NO. The van der Waals surface area contributed by atoms with E-state index in [1.807, 2.05) is 32.0 Å². The number of ether oxygens (including phenoxy) is 1. The topological polar surface area (TPSA) is 21.3 Å². The summed E-state index contributed by atoms with van der Waals surface area (Å²) >= 11 is 0. The number of nitrogens with one attached hydrogen (secondary N) is 1. The predicted octanol–water partition coefficient (Wildman–Crippen LogP) is 3.98. The van der Waals surface area contributed by atoms with Crippen molar-refractivity contribution in [1.82, 2.24) is 5.32 Å². The second-order valence-electron chi connectivity index (χ2n) is 4.86. The Hall–Kier alpha value is -1.94. The van der Waals surface area contributed by atoms with Gasteiger partial charge in [-0.25, -0.2) is 8.78 Å². The maximum atomic E-state index is 14.1. The maximum Gasteiger partial charge on any atom is 0.131 e. The van der Waals surface area contributed by atoms with Gasteiger partial charge in [-0.3, -0.25) is 0 Å². The van der Waals surface area contributed by atoms with E-state index >= 15 is 0 Å². The van der Waals surface area contributed by atoms with E-state index in [9.17, 15) is 8.78 Å². The zero-order valence-corrected chi connectivity index (χ0v) is 12.4. The largest absolute Gasteiger partial charge is 0.496 e. The number of methoxy groups -OCH3 is 1. The van der Waals surface area contributed by atoms with E-state index in [1.54, 1.807) is 7.11 Å². The van der Waals surface area contributed by atoms with E-state index in [-0.39, 0.29) is 5.56 Å². The van der Waals surface area contributed by atoms with Gasteiger partial charge in [-0.05, 0) is 42.8 Å². The van der Waals surface area contributed by atoms with Gasteiger partial charge in [0, 0.05) is 5.56 Å². The quantitative estimate of drug-likeness (QED) is 0.899. The molecule has 2 aromatic carbocycles. The van der Waals surface area contributed by atoms with Crippen LogP contribution in [0.4, 0.5) is 8.78 Å². The molecule has 21 heavy (non-hydrogen) atoms. The number of rotatable bonds is 5. The van der Waals surface area contributed by atoms with E-state index in [1.165, 1.54) is 18.2 Å². The summed E-state index contributed by atoms with van der Waals surface area (Å²) in [6.07, 6.45) is 0. The molecule has 1 N–H and O–H groups in total. The molecule has 0 bridgehead atoms. The Morgan fingerprint density at radius 2 is 1.81 bits per heavy atom. The zero-order valence-electron chi connectivity index (χ0n) is 12.4. The van der Waals surface area contributed by atoms with Crippen LogP contribution in [0.15, 0.2) is 36.4 Å². The van der Waals surface area contributed by atoms with Crippen molar-refractivity contribution in [1.29, 1.82) is 0 Å². The van der Waals surface area contributed by atoms with Crippen molar-refractivity contribution in [3.8, 4) is 5.75 Å². The molecule has 0 radical (unpaired) electrons. The fraction of sp³-hybridized carbons (Fsp3) is 0.294. The predicted molar refractivity (Wildman–Crippen MR) is 79.6 cm³/mol. The molecule has 0 aromatic heterocycles. The number of hydrogen-bond donors (Lipinski definition) is 1. The summed E-state index contributed by atoms with van der Waals surface area (Å²) in [5, 5.41) is 3.14. The van der Waals surface area contributed by atoms with Gasteiger partial charge in [0.15, 0.2) is 0 Å². The molecule has 0 aliphatic carbocycles. The molecule has 0 saturated carbocycles. The normalized spacial score (nSPS) is 12.2. The summed E-state index contributed by atoms with van der Waals surface area (Å²) < 4.78 is 33.3. The van der Waals surface area contributed by atoms with Crippen LogP contribution < -0.4 is 10.1 Å². The lowest BCUT2D eigenvalue weighted by Gasteiger charge is -2.21. The van der Waals surface area contributed by atoms with Gasteiger partial charge in [0.2, 0.25) is 0 Å². The lowest BCUT2D eigenvalue weighted by Crippen LogP contribution is -2.24.